The molecule has 1 heterocycles. The monoisotopic (exact) mass is 287 g/mol. The van der Waals surface area contributed by atoms with Gasteiger partial charge < -0.3 is 15.0 Å². The minimum absolute atomic E-state index is 0.0946. The lowest BCUT2D eigenvalue weighted by Crippen LogP contribution is -2.43. The maximum Gasteiger partial charge on any atom is 0.327 e. The SMILES string of the molecule is CC(=O)N[C@@H](CS(=O)CCn1ccnc1C)C(=O)O. The van der Waals surface area contributed by atoms with Crippen molar-refractivity contribution in [1.82, 2.24) is 14.9 Å². The Hall–Kier alpha value is -1.70. The van der Waals surface area contributed by atoms with Crippen LogP contribution in [0.4, 0.5) is 0 Å². The zero-order chi connectivity index (χ0) is 14.4. The van der Waals surface area contributed by atoms with Gasteiger partial charge in [-0.15, -0.1) is 0 Å². The van der Waals surface area contributed by atoms with Crippen molar-refractivity contribution in [3.63, 3.8) is 0 Å². The summed E-state index contributed by atoms with van der Waals surface area (Å²) in [6, 6.07) is -1.11. The summed E-state index contributed by atoms with van der Waals surface area (Å²) in [6.45, 7) is 3.57. The Labute approximate surface area is 113 Å². The van der Waals surface area contributed by atoms with Crippen molar-refractivity contribution >= 4 is 22.7 Å². The Morgan fingerprint density at radius 3 is 2.74 bits per heavy atom. The molecule has 7 nitrogen and oxygen atoms in total. The van der Waals surface area contributed by atoms with Crippen LogP contribution in [0, 0.1) is 6.92 Å². The molecule has 2 atom stereocenters. The molecule has 0 bridgehead atoms. The highest BCUT2D eigenvalue weighted by Crippen LogP contribution is 1.98. The van der Waals surface area contributed by atoms with Gasteiger partial charge >= 0.3 is 5.97 Å². The normalized spacial score (nSPS) is 13.8. The topological polar surface area (TPSA) is 101 Å². The molecule has 0 aliphatic carbocycles. The van der Waals surface area contributed by atoms with Gasteiger partial charge in [0.1, 0.15) is 11.9 Å². The summed E-state index contributed by atoms with van der Waals surface area (Å²) in [5, 5.41) is 11.2. The van der Waals surface area contributed by atoms with Gasteiger partial charge in [-0.3, -0.25) is 9.00 Å². The number of carboxylic acids is 1. The third-order valence-electron chi connectivity index (χ3n) is 2.51. The van der Waals surface area contributed by atoms with Crippen molar-refractivity contribution in [2.75, 3.05) is 11.5 Å². The van der Waals surface area contributed by atoms with Crippen LogP contribution < -0.4 is 5.32 Å². The molecule has 1 unspecified atom stereocenters. The molecule has 0 aliphatic rings. The van der Waals surface area contributed by atoms with Crippen molar-refractivity contribution in [2.45, 2.75) is 26.4 Å². The number of carbonyl (C=O) groups is 2. The van der Waals surface area contributed by atoms with Gasteiger partial charge in [-0.1, -0.05) is 0 Å². The Morgan fingerprint density at radius 1 is 1.58 bits per heavy atom. The first-order chi connectivity index (χ1) is 8.90. The maximum atomic E-state index is 11.8. The number of nitrogens with one attached hydrogen (secondary N) is 1. The zero-order valence-electron chi connectivity index (χ0n) is 10.8. The van der Waals surface area contributed by atoms with Gasteiger partial charge in [-0.25, -0.2) is 9.78 Å². The Balaban J connectivity index is 2.47. The fourth-order valence-electron chi connectivity index (χ4n) is 1.53. The van der Waals surface area contributed by atoms with Crippen LogP contribution in [0.1, 0.15) is 12.7 Å². The van der Waals surface area contributed by atoms with E-state index in [1.165, 1.54) is 6.92 Å². The van der Waals surface area contributed by atoms with Crippen LogP contribution in [-0.2, 0) is 26.9 Å². The van der Waals surface area contributed by atoms with E-state index in [2.05, 4.69) is 10.3 Å². The molecule has 1 amide bonds. The summed E-state index contributed by atoms with van der Waals surface area (Å²) in [5.41, 5.74) is 0. The molecule has 2 N–H and O–H groups in total. The quantitative estimate of drug-likeness (QED) is 0.706. The highest BCUT2D eigenvalue weighted by atomic mass is 32.2. The molecule has 0 fully saturated rings. The third-order valence-corrected chi connectivity index (χ3v) is 3.85. The fraction of sp³-hybridized carbons (Fsp3) is 0.545. The highest BCUT2D eigenvalue weighted by molar-refractivity contribution is 7.85. The average molecular weight is 287 g/mol. The molecule has 0 aliphatic heterocycles. The minimum Gasteiger partial charge on any atom is -0.480 e. The van der Waals surface area contributed by atoms with Crippen molar-refractivity contribution in [2.24, 2.45) is 0 Å². The minimum atomic E-state index is -1.32. The lowest BCUT2D eigenvalue weighted by Gasteiger charge is -2.13. The van der Waals surface area contributed by atoms with Crippen LogP contribution in [0.2, 0.25) is 0 Å². The summed E-state index contributed by atoms with van der Waals surface area (Å²) in [7, 11) is -1.32. The average Bonchev–Trinajstić information content (AvgIpc) is 2.70. The molecule has 0 aromatic carbocycles. The number of carboxylic acid groups (broad SMARTS) is 1. The van der Waals surface area contributed by atoms with Gasteiger partial charge in [0.05, 0.1) is 5.75 Å². The van der Waals surface area contributed by atoms with Crippen LogP contribution in [0.25, 0.3) is 0 Å². The molecule has 0 radical (unpaired) electrons. The second kappa shape index (κ2) is 7.03. The number of amides is 1. The van der Waals surface area contributed by atoms with Crippen molar-refractivity contribution in [3.8, 4) is 0 Å². The van der Waals surface area contributed by atoms with Gasteiger partial charge in [-0.05, 0) is 6.92 Å². The van der Waals surface area contributed by atoms with Crippen LogP contribution in [0.3, 0.4) is 0 Å². The van der Waals surface area contributed by atoms with Gasteiger partial charge in [0, 0.05) is 42.4 Å². The lowest BCUT2D eigenvalue weighted by atomic mass is 10.3. The van der Waals surface area contributed by atoms with Crippen molar-refractivity contribution in [1.29, 1.82) is 0 Å². The highest BCUT2D eigenvalue weighted by Gasteiger charge is 2.21. The number of hydrogen-bond donors (Lipinski definition) is 2. The number of hydrogen-bond acceptors (Lipinski definition) is 4. The molecule has 1 aromatic rings. The van der Waals surface area contributed by atoms with Gasteiger partial charge in [0.15, 0.2) is 0 Å². The van der Waals surface area contributed by atoms with Crippen LogP contribution in [0.15, 0.2) is 12.4 Å². The number of rotatable bonds is 7. The van der Waals surface area contributed by atoms with Crippen molar-refractivity contribution < 1.29 is 18.9 Å². The first kappa shape index (κ1) is 15.4. The summed E-state index contributed by atoms with van der Waals surface area (Å²) < 4.78 is 13.6. The van der Waals surface area contributed by atoms with E-state index in [-0.39, 0.29) is 5.75 Å². The van der Waals surface area contributed by atoms with E-state index in [0.29, 0.717) is 12.3 Å². The van der Waals surface area contributed by atoms with Crippen LogP contribution in [-0.4, -0.2) is 48.3 Å². The van der Waals surface area contributed by atoms with E-state index in [0.717, 1.165) is 5.82 Å². The Morgan fingerprint density at radius 2 is 2.26 bits per heavy atom. The summed E-state index contributed by atoms with van der Waals surface area (Å²) in [4.78, 5) is 25.8. The van der Waals surface area contributed by atoms with Crippen LogP contribution >= 0.6 is 0 Å². The smallest absolute Gasteiger partial charge is 0.327 e. The first-order valence-corrected chi connectivity index (χ1v) is 7.21. The molecule has 19 heavy (non-hydrogen) atoms. The van der Waals surface area contributed by atoms with E-state index >= 15 is 0 Å². The zero-order valence-corrected chi connectivity index (χ0v) is 11.6. The van der Waals surface area contributed by atoms with E-state index in [4.69, 9.17) is 5.11 Å². The molecule has 0 saturated carbocycles. The standard InChI is InChI=1S/C11H17N3O4S/c1-8-12-3-4-14(8)5-6-19(18)7-10(11(16)17)13-9(2)15/h3-4,10H,5-7H2,1-2H3,(H,13,15)(H,16,17)/t10-,19?/m0/s1. The van der Waals surface area contributed by atoms with E-state index in [9.17, 15) is 13.8 Å². The van der Waals surface area contributed by atoms with E-state index in [1.807, 2.05) is 11.5 Å². The fourth-order valence-corrected chi connectivity index (χ4v) is 2.69. The first-order valence-electron chi connectivity index (χ1n) is 5.72. The second-order valence-corrected chi connectivity index (χ2v) is 5.69. The number of aryl methyl sites for hydroxylation is 2. The number of imidazole rings is 1. The molecule has 0 saturated heterocycles. The number of aliphatic carboxylic acids is 1. The number of aromatic nitrogens is 2. The van der Waals surface area contributed by atoms with Gasteiger partial charge in [0.2, 0.25) is 5.91 Å². The maximum absolute atomic E-state index is 11.8. The second-order valence-electron chi connectivity index (χ2n) is 4.07. The largest absolute Gasteiger partial charge is 0.480 e. The molecule has 8 heteroatoms. The molecule has 1 aromatic heterocycles. The predicted molar refractivity (Wildman–Crippen MR) is 70.1 cm³/mol. The van der Waals surface area contributed by atoms with Crippen LogP contribution in [0.5, 0.6) is 0 Å². The lowest BCUT2D eigenvalue weighted by molar-refractivity contribution is -0.140. The summed E-state index contributed by atoms with van der Waals surface area (Å²) >= 11 is 0. The Kier molecular flexibility index (Phi) is 5.68. The predicted octanol–water partition coefficient (Wildman–Crippen LogP) is -0.470. The molecular weight excluding hydrogens is 270 g/mol. The molecular formula is C11H17N3O4S. The Bertz CT molecular complexity index is 486. The van der Waals surface area contributed by atoms with Gasteiger partial charge in [0.25, 0.3) is 0 Å². The van der Waals surface area contributed by atoms with Crippen molar-refractivity contribution in [3.05, 3.63) is 18.2 Å². The number of nitrogens with zero attached hydrogens (tertiary/aromatic N) is 2. The van der Waals surface area contributed by atoms with E-state index in [1.54, 1.807) is 12.4 Å². The van der Waals surface area contributed by atoms with Gasteiger partial charge in [-0.2, -0.15) is 0 Å². The number of carbonyl (C=O) groups excluding carboxylic acids is 1. The molecule has 1 rings (SSSR count). The third kappa shape index (κ3) is 5.21. The summed E-state index contributed by atoms with van der Waals surface area (Å²) in [5.74, 6) is -0.589. The summed E-state index contributed by atoms with van der Waals surface area (Å²) in [6.07, 6.45) is 3.42. The molecule has 106 valence electrons. The van der Waals surface area contributed by atoms with E-state index < -0.39 is 28.7 Å². The molecule has 0 spiro atoms.